The van der Waals surface area contributed by atoms with Crippen molar-refractivity contribution >= 4 is 17.5 Å². The van der Waals surface area contributed by atoms with Gasteiger partial charge in [-0.2, -0.15) is 0 Å². The lowest BCUT2D eigenvalue weighted by Gasteiger charge is -2.28. The van der Waals surface area contributed by atoms with Gasteiger partial charge in [-0.25, -0.2) is 0 Å². The fourth-order valence-corrected chi connectivity index (χ4v) is 4.56. The van der Waals surface area contributed by atoms with Crippen LogP contribution >= 0.6 is 0 Å². The molecule has 0 saturated carbocycles. The average molecular weight is 424 g/mol. The Labute approximate surface area is 182 Å². The highest BCUT2D eigenvalue weighted by molar-refractivity contribution is 6.00. The van der Waals surface area contributed by atoms with Crippen molar-refractivity contribution in [3.8, 4) is 17.2 Å². The van der Waals surface area contributed by atoms with Crippen LogP contribution < -0.4 is 19.1 Å². The molecule has 2 aromatic rings. The SMILES string of the molecule is COc1ccc(N2C[C@@H](C(=O)N3CCC[C@H]3c3ccc(OC)c(OC)c3)CC2=O)cc1. The molecule has 0 radical (unpaired) electrons. The van der Waals surface area contributed by atoms with Gasteiger partial charge in [0.2, 0.25) is 11.8 Å². The predicted molar refractivity (Wildman–Crippen MR) is 117 cm³/mol. The molecule has 2 amide bonds. The van der Waals surface area contributed by atoms with Crippen molar-refractivity contribution in [3.05, 3.63) is 48.0 Å². The molecule has 164 valence electrons. The third kappa shape index (κ3) is 4.04. The quantitative estimate of drug-likeness (QED) is 0.711. The zero-order valence-electron chi connectivity index (χ0n) is 18.2. The number of likely N-dealkylation sites (tertiary alicyclic amines) is 1. The van der Waals surface area contributed by atoms with Gasteiger partial charge in [0.15, 0.2) is 11.5 Å². The van der Waals surface area contributed by atoms with Crippen molar-refractivity contribution in [3.63, 3.8) is 0 Å². The Hall–Kier alpha value is -3.22. The molecule has 31 heavy (non-hydrogen) atoms. The van der Waals surface area contributed by atoms with Gasteiger partial charge in [-0.15, -0.1) is 0 Å². The van der Waals surface area contributed by atoms with Crippen LogP contribution in [0.2, 0.25) is 0 Å². The second-order valence-electron chi connectivity index (χ2n) is 7.91. The number of benzene rings is 2. The Morgan fingerprint density at radius 2 is 1.71 bits per heavy atom. The van der Waals surface area contributed by atoms with Gasteiger partial charge >= 0.3 is 0 Å². The lowest BCUT2D eigenvalue weighted by Crippen LogP contribution is -2.37. The molecule has 2 aliphatic rings. The van der Waals surface area contributed by atoms with Crippen LogP contribution in [0.1, 0.15) is 30.9 Å². The summed E-state index contributed by atoms with van der Waals surface area (Å²) in [7, 11) is 4.82. The minimum atomic E-state index is -0.338. The number of ether oxygens (including phenoxy) is 3. The van der Waals surface area contributed by atoms with Crippen LogP contribution in [0, 0.1) is 5.92 Å². The minimum absolute atomic E-state index is 0.0163. The summed E-state index contributed by atoms with van der Waals surface area (Å²) in [6, 6.07) is 13.1. The van der Waals surface area contributed by atoms with Gasteiger partial charge in [0.1, 0.15) is 5.75 Å². The standard InChI is InChI=1S/C24H28N2O5/c1-29-19-9-7-18(8-10-19)26-15-17(14-23(26)27)24(28)25-12-4-5-20(25)16-6-11-21(30-2)22(13-16)31-3/h6-11,13,17,20H,4-5,12,14-15H2,1-3H3/t17-,20-/m0/s1. The second kappa shape index (κ2) is 8.88. The first-order valence-electron chi connectivity index (χ1n) is 10.5. The number of amides is 2. The molecule has 2 aliphatic heterocycles. The van der Waals surface area contributed by atoms with Gasteiger partial charge in [0.25, 0.3) is 0 Å². The van der Waals surface area contributed by atoms with Crippen molar-refractivity contribution < 1.29 is 23.8 Å². The third-order valence-corrected chi connectivity index (χ3v) is 6.19. The van der Waals surface area contributed by atoms with Crippen LogP contribution in [0.25, 0.3) is 0 Å². The molecular formula is C24H28N2O5. The molecule has 2 saturated heterocycles. The first-order valence-corrected chi connectivity index (χ1v) is 10.5. The lowest BCUT2D eigenvalue weighted by atomic mass is 10.0. The Morgan fingerprint density at radius 3 is 2.39 bits per heavy atom. The smallest absolute Gasteiger partial charge is 0.228 e. The average Bonchev–Trinajstić information content (AvgIpc) is 3.45. The molecule has 2 fully saturated rings. The van der Waals surface area contributed by atoms with Gasteiger partial charge in [-0.1, -0.05) is 6.07 Å². The van der Waals surface area contributed by atoms with E-state index in [0.717, 1.165) is 29.8 Å². The fourth-order valence-electron chi connectivity index (χ4n) is 4.56. The van der Waals surface area contributed by atoms with Crippen LogP contribution in [-0.4, -0.2) is 51.1 Å². The Balaban J connectivity index is 1.50. The molecule has 0 unspecified atom stereocenters. The van der Waals surface area contributed by atoms with Gasteiger partial charge in [-0.05, 0) is 54.8 Å². The van der Waals surface area contributed by atoms with E-state index in [4.69, 9.17) is 14.2 Å². The highest BCUT2D eigenvalue weighted by atomic mass is 16.5. The van der Waals surface area contributed by atoms with Crippen molar-refractivity contribution in [1.29, 1.82) is 0 Å². The molecule has 2 aromatic carbocycles. The van der Waals surface area contributed by atoms with E-state index in [1.54, 1.807) is 26.2 Å². The second-order valence-corrected chi connectivity index (χ2v) is 7.91. The van der Waals surface area contributed by atoms with E-state index < -0.39 is 0 Å². The van der Waals surface area contributed by atoms with Crippen molar-refractivity contribution in [2.24, 2.45) is 5.92 Å². The van der Waals surface area contributed by atoms with Crippen LogP contribution in [0.4, 0.5) is 5.69 Å². The summed E-state index contributed by atoms with van der Waals surface area (Å²) >= 11 is 0. The van der Waals surface area contributed by atoms with E-state index in [2.05, 4.69) is 0 Å². The number of anilines is 1. The van der Waals surface area contributed by atoms with E-state index >= 15 is 0 Å². The first kappa shape index (κ1) is 21.0. The van der Waals surface area contributed by atoms with Crippen molar-refractivity contribution in [2.45, 2.75) is 25.3 Å². The predicted octanol–water partition coefficient (Wildman–Crippen LogP) is 3.43. The number of hydrogen-bond donors (Lipinski definition) is 0. The minimum Gasteiger partial charge on any atom is -0.497 e. The van der Waals surface area contributed by atoms with Crippen molar-refractivity contribution in [2.75, 3.05) is 39.3 Å². The number of hydrogen-bond acceptors (Lipinski definition) is 5. The van der Waals surface area contributed by atoms with Gasteiger partial charge in [0.05, 0.1) is 33.3 Å². The summed E-state index contributed by atoms with van der Waals surface area (Å²) in [5, 5.41) is 0. The highest BCUT2D eigenvalue weighted by Crippen LogP contribution is 2.38. The molecule has 7 nitrogen and oxygen atoms in total. The normalized spacial score (nSPS) is 20.8. The number of carbonyl (C=O) groups is 2. The first-order chi connectivity index (χ1) is 15.0. The highest BCUT2D eigenvalue weighted by Gasteiger charge is 2.40. The maximum absolute atomic E-state index is 13.4. The topological polar surface area (TPSA) is 68.3 Å². The van der Waals surface area contributed by atoms with Crippen LogP contribution in [-0.2, 0) is 9.59 Å². The largest absolute Gasteiger partial charge is 0.497 e. The van der Waals surface area contributed by atoms with Crippen LogP contribution in [0.15, 0.2) is 42.5 Å². The van der Waals surface area contributed by atoms with E-state index in [0.29, 0.717) is 24.6 Å². The van der Waals surface area contributed by atoms with Gasteiger partial charge in [0, 0.05) is 25.2 Å². The zero-order valence-corrected chi connectivity index (χ0v) is 18.2. The fraction of sp³-hybridized carbons (Fsp3) is 0.417. The number of methoxy groups -OCH3 is 3. The van der Waals surface area contributed by atoms with Gasteiger partial charge < -0.3 is 24.0 Å². The molecule has 0 spiro atoms. The zero-order chi connectivity index (χ0) is 22.0. The third-order valence-electron chi connectivity index (χ3n) is 6.19. The summed E-state index contributed by atoms with van der Waals surface area (Å²) in [6.45, 7) is 1.10. The Bertz CT molecular complexity index is 959. The summed E-state index contributed by atoms with van der Waals surface area (Å²) in [6.07, 6.45) is 2.07. The van der Waals surface area contributed by atoms with E-state index in [1.165, 1.54) is 0 Å². The Kier molecular flexibility index (Phi) is 6.02. The summed E-state index contributed by atoms with van der Waals surface area (Å²) in [5.74, 6) is 1.74. The summed E-state index contributed by atoms with van der Waals surface area (Å²) in [5.41, 5.74) is 1.82. The van der Waals surface area contributed by atoms with Crippen molar-refractivity contribution in [1.82, 2.24) is 4.90 Å². The molecule has 2 heterocycles. The summed E-state index contributed by atoms with van der Waals surface area (Å²) < 4.78 is 16.0. The molecular weight excluding hydrogens is 396 g/mol. The molecule has 4 rings (SSSR count). The summed E-state index contributed by atoms with van der Waals surface area (Å²) in [4.78, 5) is 29.7. The van der Waals surface area contributed by atoms with E-state index in [1.807, 2.05) is 47.4 Å². The molecule has 0 bridgehead atoms. The number of carbonyl (C=O) groups excluding carboxylic acids is 2. The van der Waals surface area contributed by atoms with Crippen LogP contribution in [0.3, 0.4) is 0 Å². The Morgan fingerprint density at radius 1 is 0.968 bits per heavy atom. The van der Waals surface area contributed by atoms with E-state index in [9.17, 15) is 9.59 Å². The molecule has 2 atom stereocenters. The maximum atomic E-state index is 13.4. The molecule has 0 N–H and O–H groups in total. The van der Waals surface area contributed by atoms with Gasteiger partial charge in [-0.3, -0.25) is 9.59 Å². The monoisotopic (exact) mass is 424 g/mol. The maximum Gasteiger partial charge on any atom is 0.228 e. The number of rotatable bonds is 6. The number of nitrogens with zero attached hydrogens (tertiary/aromatic N) is 2. The van der Waals surface area contributed by atoms with E-state index in [-0.39, 0.29) is 30.2 Å². The molecule has 0 aliphatic carbocycles. The lowest BCUT2D eigenvalue weighted by molar-refractivity contribution is -0.136. The van der Waals surface area contributed by atoms with Crippen LogP contribution in [0.5, 0.6) is 17.2 Å². The molecule has 7 heteroatoms. The molecule has 0 aromatic heterocycles.